The van der Waals surface area contributed by atoms with Gasteiger partial charge >= 0.3 is 0 Å². The number of nitrogens with zero attached hydrogens (tertiary/aromatic N) is 4. The predicted octanol–water partition coefficient (Wildman–Crippen LogP) is 1.96. The molecule has 2 aliphatic rings. The van der Waals surface area contributed by atoms with Crippen molar-refractivity contribution in [2.24, 2.45) is 0 Å². The van der Waals surface area contributed by atoms with Crippen LogP contribution in [0.4, 0.5) is 0 Å². The number of rotatable bonds is 3. The molecule has 2 saturated heterocycles. The van der Waals surface area contributed by atoms with E-state index in [1.807, 2.05) is 35.9 Å². The summed E-state index contributed by atoms with van der Waals surface area (Å²) in [5.74, 6) is 1.49. The SMILES string of the molecule is Cc1cc(C(=O)N2CCC(C(=O)N3CCC3)(n3cccn3)CC2)c(C)o1. The van der Waals surface area contributed by atoms with E-state index in [1.54, 1.807) is 16.9 Å². The zero-order valence-corrected chi connectivity index (χ0v) is 15.3. The fourth-order valence-corrected chi connectivity index (χ4v) is 3.97. The fraction of sp³-hybridized carbons (Fsp3) is 0.526. The molecule has 4 rings (SSSR count). The van der Waals surface area contributed by atoms with Crippen molar-refractivity contribution in [1.29, 1.82) is 0 Å². The highest BCUT2D eigenvalue weighted by atomic mass is 16.3. The van der Waals surface area contributed by atoms with Crippen molar-refractivity contribution in [3.8, 4) is 0 Å². The van der Waals surface area contributed by atoms with Gasteiger partial charge in [0.05, 0.1) is 5.56 Å². The van der Waals surface area contributed by atoms with Crippen molar-refractivity contribution >= 4 is 11.8 Å². The summed E-state index contributed by atoms with van der Waals surface area (Å²) in [5, 5.41) is 4.37. The van der Waals surface area contributed by atoms with Crippen LogP contribution in [0.2, 0.25) is 0 Å². The molecular weight excluding hydrogens is 332 g/mol. The fourth-order valence-electron chi connectivity index (χ4n) is 3.97. The second kappa shape index (κ2) is 6.30. The Hall–Kier alpha value is -2.57. The van der Waals surface area contributed by atoms with Crippen LogP contribution in [0.1, 0.15) is 41.1 Å². The maximum Gasteiger partial charge on any atom is 0.257 e. The third-order valence-electron chi connectivity index (χ3n) is 5.63. The lowest BCUT2D eigenvalue weighted by Gasteiger charge is -2.45. The summed E-state index contributed by atoms with van der Waals surface area (Å²) in [4.78, 5) is 29.7. The van der Waals surface area contributed by atoms with Gasteiger partial charge in [-0.15, -0.1) is 0 Å². The van der Waals surface area contributed by atoms with E-state index in [0.717, 1.165) is 25.3 Å². The van der Waals surface area contributed by atoms with Gasteiger partial charge in [-0.05, 0) is 45.2 Å². The number of aryl methyl sites for hydroxylation is 2. The van der Waals surface area contributed by atoms with Crippen LogP contribution in [0.3, 0.4) is 0 Å². The quantitative estimate of drug-likeness (QED) is 0.843. The van der Waals surface area contributed by atoms with Crippen LogP contribution in [0.15, 0.2) is 28.9 Å². The highest BCUT2D eigenvalue weighted by Crippen LogP contribution is 2.34. The lowest BCUT2D eigenvalue weighted by Crippen LogP contribution is -2.59. The maximum absolute atomic E-state index is 13.2. The molecule has 0 spiro atoms. The molecule has 4 heterocycles. The summed E-state index contributed by atoms with van der Waals surface area (Å²) in [7, 11) is 0. The first-order valence-corrected chi connectivity index (χ1v) is 9.17. The number of aromatic nitrogens is 2. The average Bonchev–Trinajstić information content (AvgIpc) is 3.22. The van der Waals surface area contributed by atoms with Crippen LogP contribution in [0, 0.1) is 13.8 Å². The number of carbonyl (C=O) groups excluding carboxylic acids is 2. The van der Waals surface area contributed by atoms with Gasteiger partial charge in [0.25, 0.3) is 11.8 Å². The van der Waals surface area contributed by atoms with E-state index in [9.17, 15) is 9.59 Å². The van der Waals surface area contributed by atoms with Crippen molar-refractivity contribution in [3.05, 3.63) is 41.6 Å². The number of hydrogen-bond donors (Lipinski definition) is 0. The van der Waals surface area contributed by atoms with E-state index in [1.165, 1.54) is 0 Å². The zero-order chi connectivity index (χ0) is 18.3. The van der Waals surface area contributed by atoms with Gasteiger partial charge in [0, 0.05) is 38.6 Å². The molecular formula is C19H24N4O3. The Labute approximate surface area is 152 Å². The third kappa shape index (κ3) is 2.62. The molecule has 2 amide bonds. The second-order valence-electron chi connectivity index (χ2n) is 7.25. The summed E-state index contributed by atoms with van der Waals surface area (Å²) in [6.07, 6.45) is 5.78. The number of likely N-dealkylation sites (tertiary alicyclic amines) is 2. The first kappa shape index (κ1) is 16.9. The van der Waals surface area contributed by atoms with Crippen molar-refractivity contribution in [3.63, 3.8) is 0 Å². The van der Waals surface area contributed by atoms with Crippen LogP contribution in [0.5, 0.6) is 0 Å². The van der Waals surface area contributed by atoms with Gasteiger partial charge in [-0.1, -0.05) is 0 Å². The molecule has 2 aromatic rings. The Bertz CT molecular complexity index is 812. The minimum atomic E-state index is -0.679. The number of carbonyl (C=O) groups is 2. The van der Waals surface area contributed by atoms with Crippen LogP contribution < -0.4 is 0 Å². The van der Waals surface area contributed by atoms with E-state index in [-0.39, 0.29) is 11.8 Å². The van der Waals surface area contributed by atoms with Crippen LogP contribution in [-0.4, -0.2) is 57.6 Å². The molecule has 0 aromatic carbocycles. The van der Waals surface area contributed by atoms with E-state index in [2.05, 4.69) is 5.10 Å². The summed E-state index contributed by atoms with van der Waals surface area (Å²) in [5.41, 5.74) is -0.0645. The van der Waals surface area contributed by atoms with E-state index in [0.29, 0.717) is 37.3 Å². The van der Waals surface area contributed by atoms with Crippen LogP contribution in [-0.2, 0) is 10.3 Å². The lowest BCUT2D eigenvalue weighted by atomic mass is 9.85. The highest BCUT2D eigenvalue weighted by Gasteiger charge is 2.47. The van der Waals surface area contributed by atoms with Gasteiger partial charge < -0.3 is 14.2 Å². The third-order valence-corrected chi connectivity index (χ3v) is 5.63. The molecule has 26 heavy (non-hydrogen) atoms. The Balaban J connectivity index is 1.55. The van der Waals surface area contributed by atoms with Crippen molar-refractivity contribution in [2.75, 3.05) is 26.2 Å². The molecule has 2 fully saturated rings. The van der Waals surface area contributed by atoms with E-state index >= 15 is 0 Å². The van der Waals surface area contributed by atoms with Crippen molar-refractivity contribution in [1.82, 2.24) is 19.6 Å². The summed E-state index contributed by atoms with van der Waals surface area (Å²) < 4.78 is 7.29. The number of hydrogen-bond acceptors (Lipinski definition) is 4. The normalized spacial score (nSPS) is 19.3. The second-order valence-corrected chi connectivity index (χ2v) is 7.25. The Kier molecular flexibility index (Phi) is 4.09. The van der Waals surface area contributed by atoms with Gasteiger partial charge in [0.1, 0.15) is 17.1 Å². The molecule has 7 heteroatoms. The molecule has 0 radical (unpaired) electrons. The van der Waals surface area contributed by atoms with Crippen LogP contribution >= 0.6 is 0 Å². The maximum atomic E-state index is 13.2. The first-order valence-electron chi connectivity index (χ1n) is 9.17. The van der Waals surface area contributed by atoms with E-state index < -0.39 is 5.54 Å². The molecule has 0 saturated carbocycles. The first-order chi connectivity index (χ1) is 12.5. The van der Waals surface area contributed by atoms with Gasteiger partial charge in [0.15, 0.2) is 0 Å². The average molecular weight is 356 g/mol. The van der Waals surface area contributed by atoms with Crippen LogP contribution in [0.25, 0.3) is 0 Å². The Morgan fingerprint density at radius 2 is 1.85 bits per heavy atom. The molecule has 0 unspecified atom stereocenters. The van der Waals surface area contributed by atoms with Crippen molar-refractivity contribution < 1.29 is 14.0 Å². The van der Waals surface area contributed by atoms with E-state index in [4.69, 9.17) is 4.42 Å². The number of furan rings is 1. The van der Waals surface area contributed by atoms with Crippen molar-refractivity contribution in [2.45, 2.75) is 38.6 Å². The molecule has 0 bridgehead atoms. The smallest absolute Gasteiger partial charge is 0.257 e. The van der Waals surface area contributed by atoms with Gasteiger partial charge in [0.2, 0.25) is 0 Å². The minimum absolute atomic E-state index is 0.0233. The summed E-state index contributed by atoms with van der Waals surface area (Å²) in [6.45, 7) is 6.35. The molecule has 2 aromatic heterocycles. The summed E-state index contributed by atoms with van der Waals surface area (Å²) in [6, 6.07) is 3.64. The van der Waals surface area contributed by atoms with Gasteiger partial charge in [-0.2, -0.15) is 5.10 Å². The van der Waals surface area contributed by atoms with Gasteiger partial charge in [-0.3, -0.25) is 14.3 Å². The Morgan fingerprint density at radius 1 is 1.12 bits per heavy atom. The molecule has 0 N–H and O–H groups in total. The number of amides is 2. The minimum Gasteiger partial charge on any atom is -0.466 e. The molecule has 138 valence electrons. The monoisotopic (exact) mass is 356 g/mol. The number of piperidine rings is 1. The molecule has 0 aliphatic carbocycles. The molecule has 2 aliphatic heterocycles. The Morgan fingerprint density at radius 3 is 2.35 bits per heavy atom. The standard InChI is InChI=1S/C19H24N4O3/c1-14-13-16(15(2)26-14)17(24)21-11-5-19(6-12-21,23-10-3-7-20-23)18(25)22-8-4-9-22/h3,7,10,13H,4-6,8-9,11-12H2,1-2H3. The summed E-state index contributed by atoms with van der Waals surface area (Å²) >= 11 is 0. The topological polar surface area (TPSA) is 71.6 Å². The molecule has 0 atom stereocenters. The lowest BCUT2D eigenvalue weighted by molar-refractivity contribution is -0.147. The zero-order valence-electron chi connectivity index (χ0n) is 15.3. The molecule has 7 nitrogen and oxygen atoms in total. The predicted molar refractivity (Wildman–Crippen MR) is 94.7 cm³/mol. The largest absolute Gasteiger partial charge is 0.466 e. The van der Waals surface area contributed by atoms with Gasteiger partial charge in [-0.25, -0.2) is 0 Å². The highest BCUT2D eigenvalue weighted by molar-refractivity contribution is 5.95.